The molecule has 0 unspecified atom stereocenters. The summed E-state index contributed by atoms with van der Waals surface area (Å²) in [6.07, 6.45) is 0. The number of hydrogen-bond donors (Lipinski definition) is 1. The van der Waals surface area contributed by atoms with Gasteiger partial charge in [-0.1, -0.05) is 28.1 Å². The molecule has 2 aromatic rings. The largest absolute Gasteiger partial charge is 0.455 e. The Balaban J connectivity index is 2.45. The smallest absolute Gasteiger partial charge is 0.252 e. The van der Waals surface area contributed by atoms with Crippen LogP contribution in [0.15, 0.2) is 46.9 Å². The van der Waals surface area contributed by atoms with E-state index >= 15 is 0 Å². The lowest BCUT2D eigenvalue weighted by Crippen LogP contribution is -2.12. The molecule has 0 spiro atoms. The first-order chi connectivity index (χ1) is 9.11. The summed E-state index contributed by atoms with van der Waals surface area (Å²) in [5, 5.41) is 9.03. The summed E-state index contributed by atoms with van der Waals surface area (Å²) in [5.74, 6) is 0.110. The van der Waals surface area contributed by atoms with E-state index in [0.29, 0.717) is 17.1 Å². The quantitative estimate of drug-likeness (QED) is 0.944. The van der Waals surface area contributed by atoms with Gasteiger partial charge >= 0.3 is 0 Å². The van der Waals surface area contributed by atoms with Crippen LogP contribution in [-0.2, 0) is 0 Å². The number of primary amides is 1. The van der Waals surface area contributed by atoms with Gasteiger partial charge in [0.1, 0.15) is 17.6 Å². The number of carbonyl (C=O) groups is 1. The van der Waals surface area contributed by atoms with Crippen molar-refractivity contribution < 1.29 is 9.53 Å². The van der Waals surface area contributed by atoms with Gasteiger partial charge in [-0.2, -0.15) is 5.26 Å². The van der Waals surface area contributed by atoms with E-state index in [2.05, 4.69) is 15.9 Å². The molecule has 0 aliphatic carbocycles. The van der Waals surface area contributed by atoms with Crippen molar-refractivity contribution in [2.24, 2.45) is 5.73 Å². The van der Waals surface area contributed by atoms with Crippen molar-refractivity contribution in [3.63, 3.8) is 0 Å². The minimum atomic E-state index is -0.580. The predicted molar refractivity (Wildman–Crippen MR) is 73.9 cm³/mol. The number of benzene rings is 2. The maximum atomic E-state index is 11.3. The van der Waals surface area contributed by atoms with Crippen LogP contribution >= 0.6 is 15.9 Å². The molecule has 0 saturated heterocycles. The van der Waals surface area contributed by atoms with Crippen LogP contribution in [-0.4, -0.2) is 5.91 Å². The van der Waals surface area contributed by atoms with Crippen molar-refractivity contribution in [3.05, 3.63) is 58.1 Å². The van der Waals surface area contributed by atoms with Crippen molar-refractivity contribution >= 4 is 21.8 Å². The van der Waals surface area contributed by atoms with E-state index in [1.807, 2.05) is 6.07 Å². The third-order valence-corrected chi connectivity index (χ3v) is 2.93. The molecule has 0 aliphatic heterocycles. The SMILES string of the molecule is N#Cc1ccc(Br)cc1Oc1ccccc1C(N)=O. The van der Waals surface area contributed by atoms with Gasteiger partial charge in [0.25, 0.3) is 5.91 Å². The highest BCUT2D eigenvalue weighted by atomic mass is 79.9. The van der Waals surface area contributed by atoms with Gasteiger partial charge in [-0.15, -0.1) is 0 Å². The molecule has 94 valence electrons. The Morgan fingerprint density at radius 1 is 1.21 bits per heavy atom. The number of para-hydroxylation sites is 1. The fraction of sp³-hybridized carbons (Fsp3) is 0. The molecule has 0 fully saturated rings. The van der Waals surface area contributed by atoms with Crippen LogP contribution in [0.2, 0.25) is 0 Å². The molecule has 0 atom stereocenters. The van der Waals surface area contributed by atoms with Crippen molar-refractivity contribution in [1.82, 2.24) is 0 Å². The lowest BCUT2D eigenvalue weighted by Gasteiger charge is -2.10. The molecule has 2 rings (SSSR count). The minimum absolute atomic E-state index is 0.270. The molecular formula is C14H9BrN2O2. The van der Waals surface area contributed by atoms with Crippen LogP contribution < -0.4 is 10.5 Å². The first-order valence-electron chi connectivity index (χ1n) is 5.38. The minimum Gasteiger partial charge on any atom is -0.455 e. The molecule has 0 aromatic heterocycles. The van der Waals surface area contributed by atoms with Crippen LogP contribution in [0, 0.1) is 11.3 Å². The molecule has 2 aromatic carbocycles. The number of ether oxygens (including phenoxy) is 1. The molecule has 0 radical (unpaired) electrons. The summed E-state index contributed by atoms with van der Waals surface area (Å²) in [7, 11) is 0. The van der Waals surface area contributed by atoms with Gasteiger partial charge in [-0.05, 0) is 30.3 Å². The van der Waals surface area contributed by atoms with Gasteiger partial charge in [0, 0.05) is 4.47 Å². The summed E-state index contributed by atoms with van der Waals surface area (Å²) in [6.45, 7) is 0. The number of nitrogens with two attached hydrogens (primary N) is 1. The zero-order valence-corrected chi connectivity index (χ0v) is 11.3. The molecule has 4 nitrogen and oxygen atoms in total. The van der Waals surface area contributed by atoms with Crippen molar-refractivity contribution in [1.29, 1.82) is 5.26 Å². The van der Waals surface area contributed by atoms with Gasteiger partial charge in [0.15, 0.2) is 0 Å². The Hall–Kier alpha value is -2.32. The molecule has 0 heterocycles. The van der Waals surface area contributed by atoms with Gasteiger partial charge in [0.2, 0.25) is 0 Å². The average molecular weight is 317 g/mol. The second-order valence-corrected chi connectivity index (χ2v) is 4.63. The van der Waals surface area contributed by atoms with E-state index in [4.69, 9.17) is 15.7 Å². The number of carbonyl (C=O) groups excluding carboxylic acids is 1. The Morgan fingerprint density at radius 2 is 1.95 bits per heavy atom. The van der Waals surface area contributed by atoms with Gasteiger partial charge < -0.3 is 10.5 Å². The van der Waals surface area contributed by atoms with E-state index in [1.165, 1.54) is 0 Å². The summed E-state index contributed by atoms with van der Waals surface area (Å²) >= 11 is 3.31. The Kier molecular flexibility index (Phi) is 3.83. The van der Waals surface area contributed by atoms with Gasteiger partial charge in [-0.25, -0.2) is 0 Å². The number of hydrogen-bond acceptors (Lipinski definition) is 3. The van der Waals surface area contributed by atoms with Crippen molar-refractivity contribution in [3.8, 4) is 17.6 Å². The third kappa shape index (κ3) is 2.92. The van der Waals surface area contributed by atoms with Crippen LogP contribution in [0.1, 0.15) is 15.9 Å². The fourth-order valence-electron chi connectivity index (χ4n) is 1.55. The van der Waals surface area contributed by atoms with Crippen molar-refractivity contribution in [2.45, 2.75) is 0 Å². The molecule has 0 bridgehead atoms. The highest BCUT2D eigenvalue weighted by Crippen LogP contribution is 2.30. The topological polar surface area (TPSA) is 76.1 Å². The average Bonchev–Trinajstić information content (AvgIpc) is 2.39. The molecule has 0 aliphatic rings. The zero-order valence-electron chi connectivity index (χ0n) is 9.76. The lowest BCUT2D eigenvalue weighted by atomic mass is 10.2. The number of nitrogens with zero attached hydrogens (tertiary/aromatic N) is 1. The molecule has 5 heteroatoms. The molecular weight excluding hydrogens is 308 g/mol. The highest BCUT2D eigenvalue weighted by molar-refractivity contribution is 9.10. The monoisotopic (exact) mass is 316 g/mol. The lowest BCUT2D eigenvalue weighted by molar-refractivity contribution is 0.0998. The van der Waals surface area contributed by atoms with Gasteiger partial charge in [-0.3, -0.25) is 4.79 Å². The Bertz CT molecular complexity index is 677. The van der Waals surface area contributed by atoms with Crippen molar-refractivity contribution in [2.75, 3.05) is 0 Å². The molecule has 0 saturated carbocycles. The van der Waals surface area contributed by atoms with E-state index < -0.39 is 5.91 Å². The van der Waals surface area contributed by atoms with Crippen LogP contribution in [0.4, 0.5) is 0 Å². The summed E-state index contributed by atoms with van der Waals surface area (Å²) in [5.41, 5.74) is 5.92. The summed E-state index contributed by atoms with van der Waals surface area (Å²) in [4.78, 5) is 11.3. The van der Waals surface area contributed by atoms with E-state index in [1.54, 1.807) is 42.5 Å². The number of rotatable bonds is 3. The zero-order chi connectivity index (χ0) is 13.8. The van der Waals surface area contributed by atoms with Gasteiger partial charge in [0.05, 0.1) is 11.1 Å². The molecule has 19 heavy (non-hydrogen) atoms. The predicted octanol–water partition coefficient (Wildman–Crippen LogP) is 3.21. The summed E-state index contributed by atoms with van der Waals surface area (Å²) < 4.78 is 6.40. The third-order valence-electron chi connectivity index (χ3n) is 2.44. The highest BCUT2D eigenvalue weighted by Gasteiger charge is 2.11. The first kappa shape index (κ1) is 13.1. The maximum absolute atomic E-state index is 11.3. The first-order valence-corrected chi connectivity index (χ1v) is 6.17. The van der Waals surface area contributed by atoms with Crippen LogP contribution in [0.3, 0.4) is 0 Å². The normalized spacial score (nSPS) is 9.68. The molecule has 2 N–H and O–H groups in total. The maximum Gasteiger partial charge on any atom is 0.252 e. The van der Waals surface area contributed by atoms with Crippen LogP contribution in [0.25, 0.3) is 0 Å². The fourth-order valence-corrected chi connectivity index (χ4v) is 1.89. The van der Waals surface area contributed by atoms with E-state index in [9.17, 15) is 4.79 Å². The molecule has 1 amide bonds. The second kappa shape index (κ2) is 5.55. The summed E-state index contributed by atoms with van der Waals surface area (Å²) in [6, 6.07) is 13.7. The van der Waals surface area contributed by atoms with E-state index in [-0.39, 0.29) is 5.56 Å². The number of nitriles is 1. The van der Waals surface area contributed by atoms with E-state index in [0.717, 1.165) is 4.47 Å². The standard InChI is InChI=1S/C14H9BrN2O2/c15-10-6-5-9(8-16)13(7-10)19-12-4-2-1-3-11(12)14(17)18/h1-7H,(H2,17,18). The van der Waals surface area contributed by atoms with Crippen LogP contribution in [0.5, 0.6) is 11.5 Å². The Labute approximate surface area is 118 Å². The number of amides is 1. The number of halogens is 1. The Morgan fingerprint density at radius 3 is 2.63 bits per heavy atom. The second-order valence-electron chi connectivity index (χ2n) is 3.71.